The van der Waals surface area contributed by atoms with Crippen molar-refractivity contribution in [3.05, 3.63) is 35.6 Å². The molecule has 0 saturated heterocycles. The Morgan fingerprint density at radius 1 is 1.08 bits per heavy atom. The Morgan fingerprint density at radius 2 is 1.54 bits per heavy atom. The molecule has 0 bridgehead atoms. The molecule has 0 N–H and O–H groups in total. The largest absolute Gasteiger partial charge is 0.275 e. The third-order valence-electron chi connectivity index (χ3n) is 1.50. The summed E-state index contributed by atoms with van der Waals surface area (Å²) in [7, 11) is 0. The molecule has 0 nitrogen and oxygen atoms in total. The zero-order valence-electron chi connectivity index (χ0n) is 6.28. The average Bonchev–Trinajstić information content (AvgIpc) is 2.04. The van der Waals surface area contributed by atoms with Crippen LogP contribution in [0, 0.1) is 5.82 Å². The van der Waals surface area contributed by atoms with Crippen LogP contribution in [0.15, 0.2) is 24.3 Å². The standard InChI is InChI=1S/C8H5Cl2F3/c9-8(10,7(12)13)5-1-3-6(11)4-2-5/h1-4,7H. The van der Waals surface area contributed by atoms with E-state index in [0.717, 1.165) is 24.3 Å². The van der Waals surface area contributed by atoms with Gasteiger partial charge in [0.15, 0.2) is 0 Å². The van der Waals surface area contributed by atoms with Gasteiger partial charge >= 0.3 is 0 Å². The van der Waals surface area contributed by atoms with Gasteiger partial charge in [0.05, 0.1) is 0 Å². The first-order valence-electron chi connectivity index (χ1n) is 3.36. The molecule has 1 aromatic carbocycles. The third-order valence-corrected chi connectivity index (χ3v) is 2.27. The van der Waals surface area contributed by atoms with Crippen molar-refractivity contribution >= 4 is 23.2 Å². The molecular formula is C8H5Cl2F3. The van der Waals surface area contributed by atoms with Gasteiger partial charge in [-0.05, 0) is 17.7 Å². The van der Waals surface area contributed by atoms with Crippen LogP contribution in [0.25, 0.3) is 0 Å². The first kappa shape index (κ1) is 10.7. The van der Waals surface area contributed by atoms with Gasteiger partial charge in [-0.3, -0.25) is 0 Å². The second kappa shape index (κ2) is 3.76. The second-order valence-corrected chi connectivity index (χ2v) is 3.82. The Balaban J connectivity index is 3.01. The molecular weight excluding hydrogens is 224 g/mol. The zero-order valence-corrected chi connectivity index (χ0v) is 7.79. The predicted molar refractivity (Wildman–Crippen MR) is 45.8 cm³/mol. The van der Waals surface area contributed by atoms with Gasteiger partial charge in [-0.25, -0.2) is 13.2 Å². The summed E-state index contributed by atoms with van der Waals surface area (Å²) in [5.74, 6) is -0.526. The van der Waals surface area contributed by atoms with Gasteiger partial charge in [-0.15, -0.1) is 0 Å². The molecule has 0 radical (unpaired) electrons. The minimum absolute atomic E-state index is 0.0211. The Morgan fingerprint density at radius 3 is 1.92 bits per heavy atom. The molecule has 0 heterocycles. The number of hydrogen-bond acceptors (Lipinski definition) is 0. The lowest BCUT2D eigenvalue weighted by Gasteiger charge is -2.18. The fourth-order valence-corrected chi connectivity index (χ4v) is 1.05. The van der Waals surface area contributed by atoms with E-state index < -0.39 is 16.6 Å². The molecule has 1 rings (SSSR count). The van der Waals surface area contributed by atoms with Crippen LogP contribution in [-0.4, -0.2) is 6.43 Å². The first-order chi connectivity index (χ1) is 5.94. The van der Waals surface area contributed by atoms with Crippen molar-refractivity contribution < 1.29 is 13.2 Å². The van der Waals surface area contributed by atoms with Crippen molar-refractivity contribution in [2.45, 2.75) is 10.8 Å². The molecule has 0 saturated carbocycles. The maximum atomic E-state index is 12.4. The highest BCUT2D eigenvalue weighted by Crippen LogP contribution is 2.39. The summed E-state index contributed by atoms with van der Waals surface area (Å²) < 4.78 is 34.6. The summed E-state index contributed by atoms with van der Waals surface area (Å²) >= 11 is 10.7. The van der Waals surface area contributed by atoms with E-state index in [-0.39, 0.29) is 5.56 Å². The highest BCUT2D eigenvalue weighted by molar-refractivity contribution is 6.48. The summed E-state index contributed by atoms with van der Waals surface area (Å²) in [5, 5.41) is 0. The smallest absolute Gasteiger partial charge is 0.207 e. The molecule has 5 heteroatoms. The van der Waals surface area contributed by atoms with E-state index >= 15 is 0 Å². The first-order valence-corrected chi connectivity index (χ1v) is 4.12. The molecule has 0 atom stereocenters. The summed E-state index contributed by atoms with van der Waals surface area (Å²) in [6.07, 6.45) is -2.92. The molecule has 0 aromatic heterocycles. The van der Waals surface area contributed by atoms with Crippen molar-refractivity contribution in [2.75, 3.05) is 0 Å². The number of alkyl halides is 4. The van der Waals surface area contributed by atoms with Crippen LogP contribution in [0.5, 0.6) is 0 Å². The lowest BCUT2D eigenvalue weighted by atomic mass is 10.1. The average molecular weight is 229 g/mol. The van der Waals surface area contributed by atoms with Crippen molar-refractivity contribution in [2.24, 2.45) is 0 Å². The molecule has 0 spiro atoms. The lowest BCUT2D eigenvalue weighted by molar-refractivity contribution is 0.127. The van der Waals surface area contributed by atoms with Crippen LogP contribution < -0.4 is 0 Å². The summed E-state index contributed by atoms with van der Waals surface area (Å²) in [5.41, 5.74) is -0.0211. The van der Waals surface area contributed by atoms with Crippen LogP contribution in [-0.2, 0) is 4.33 Å². The van der Waals surface area contributed by atoms with E-state index in [0.29, 0.717) is 0 Å². The van der Waals surface area contributed by atoms with Gasteiger partial charge in [-0.1, -0.05) is 35.3 Å². The zero-order chi connectivity index (χ0) is 10.1. The molecule has 1 aromatic rings. The van der Waals surface area contributed by atoms with Gasteiger partial charge in [0.25, 0.3) is 6.43 Å². The van der Waals surface area contributed by atoms with E-state index in [4.69, 9.17) is 23.2 Å². The maximum absolute atomic E-state index is 12.4. The third kappa shape index (κ3) is 2.29. The monoisotopic (exact) mass is 228 g/mol. The topological polar surface area (TPSA) is 0 Å². The van der Waals surface area contributed by atoms with Gasteiger partial charge in [0.2, 0.25) is 4.33 Å². The lowest BCUT2D eigenvalue weighted by Crippen LogP contribution is -2.20. The van der Waals surface area contributed by atoms with E-state index in [1.54, 1.807) is 0 Å². The summed E-state index contributed by atoms with van der Waals surface area (Å²) in [6, 6.07) is 4.30. The van der Waals surface area contributed by atoms with E-state index in [2.05, 4.69) is 0 Å². The fraction of sp³-hybridized carbons (Fsp3) is 0.250. The van der Waals surface area contributed by atoms with Gasteiger partial charge in [0.1, 0.15) is 5.82 Å². The number of benzene rings is 1. The Labute approximate surface area is 83.3 Å². The predicted octanol–water partition coefficient (Wildman–Crippen LogP) is 3.72. The highest BCUT2D eigenvalue weighted by atomic mass is 35.5. The van der Waals surface area contributed by atoms with Crippen molar-refractivity contribution in [1.82, 2.24) is 0 Å². The van der Waals surface area contributed by atoms with Crippen LogP contribution in [0.1, 0.15) is 5.56 Å². The quantitative estimate of drug-likeness (QED) is 0.678. The normalized spacial score (nSPS) is 12.2. The highest BCUT2D eigenvalue weighted by Gasteiger charge is 2.37. The van der Waals surface area contributed by atoms with E-state index in [9.17, 15) is 13.2 Å². The van der Waals surface area contributed by atoms with Gasteiger partial charge in [-0.2, -0.15) is 0 Å². The minimum Gasteiger partial charge on any atom is -0.207 e. The molecule has 0 aliphatic heterocycles. The van der Waals surface area contributed by atoms with Crippen molar-refractivity contribution in [1.29, 1.82) is 0 Å². The van der Waals surface area contributed by atoms with E-state index in [1.807, 2.05) is 0 Å². The summed E-state index contributed by atoms with van der Waals surface area (Å²) in [4.78, 5) is 0. The molecule has 72 valence electrons. The minimum atomic E-state index is -2.92. The fourth-order valence-electron chi connectivity index (χ4n) is 0.798. The van der Waals surface area contributed by atoms with Crippen LogP contribution in [0.4, 0.5) is 13.2 Å². The maximum Gasteiger partial charge on any atom is 0.275 e. The Kier molecular flexibility index (Phi) is 3.09. The molecule has 0 aliphatic carbocycles. The van der Waals surface area contributed by atoms with E-state index in [1.165, 1.54) is 0 Å². The second-order valence-electron chi connectivity index (χ2n) is 2.43. The number of hydrogen-bond donors (Lipinski definition) is 0. The van der Waals surface area contributed by atoms with Crippen LogP contribution in [0.2, 0.25) is 0 Å². The molecule has 0 unspecified atom stereocenters. The Hall–Kier alpha value is -0.410. The van der Waals surface area contributed by atoms with Crippen molar-refractivity contribution in [3.63, 3.8) is 0 Å². The van der Waals surface area contributed by atoms with Gasteiger partial charge < -0.3 is 0 Å². The van der Waals surface area contributed by atoms with Crippen molar-refractivity contribution in [3.8, 4) is 0 Å². The van der Waals surface area contributed by atoms with Gasteiger partial charge in [0, 0.05) is 0 Å². The number of halogens is 5. The van der Waals surface area contributed by atoms with Crippen LogP contribution >= 0.6 is 23.2 Å². The number of rotatable bonds is 2. The SMILES string of the molecule is Fc1ccc(C(Cl)(Cl)C(F)F)cc1. The molecule has 13 heavy (non-hydrogen) atoms. The molecule has 0 amide bonds. The molecule has 0 aliphatic rings. The molecule has 0 fully saturated rings. The Bertz CT molecular complexity index is 282. The van der Waals surface area contributed by atoms with Crippen LogP contribution in [0.3, 0.4) is 0 Å². The summed E-state index contributed by atoms with van der Waals surface area (Å²) in [6.45, 7) is 0.